The zero-order valence-corrected chi connectivity index (χ0v) is 17.6. The summed E-state index contributed by atoms with van der Waals surface area (Å²) in [4.78, 5) is 43.0. The third-order valence-corrected chi connectivity index (χ3v) is 6.17. The molecular formula is C24H26FN3O3. The Hall–Kier alpha value is -3.22. The van der Waals surface area contributed by atoms with Crippen LogP contribution in [0.5, 0.6) is 0 Å². The molecule has 0 N–H and O–H groups in total. The molecule has 6 nitrogen and oxygen atoms in total. The Kier molecular flexibility index (Phi) is 6.02. The number of likely N-dealkylation sites (tertiary alicyclic amines) is 1. The molecule has 0 spiro atoms. The molecule has 2 heterocycles. The zero-order chi connectivity index (χ0) is 22.0. The van der Waals surface area contributed by atoms with E-state index >= 15 is 0 Å². The first-order chi connectivity index (χ1) is 14.9. The topological polar surface area (TPSA) is 60.9 Å². The second kappa shape index (κ2) is 8.88. The van der Waals surface area contributed by atoms with Crippen LogP contribution in [-0.4, -0.2) is 64.6 Å². The molecule has 162 valence electrons. The fourth-order valence-electron chi connectivity index (χ4n) is 4.28. The molecule has 0 aromatic heterocycles. The number of benzene rings is 2. The Bertz CT molecular complexity index is 987. The van der Waals surface area contributed by atoms with E-state index in [2.05, 4.69) is 0 Å². The quantitative estimate of drug-likeness (QED) is 0.711. The van der Waals surface area contributed by atoms with Crippen molar-refractivity contribution in [3.05, 3.63) is 71.0 Å². The summed E-state index contributed by atoms with van der Waals surface area (Å²) in [5.74, 6) is -1.53. The Morgan fingerprint density at radius 3 is 2.35 bits per heavy atom. The van der Waals surface area contributed by atoms with Crippen LogP contribution in [0.15, 0.2) is 48.5 Å². The molecule has 0 atom stereocenters. The Balaban J connectivity index is 1.33. The van der Waals surface area contributed by atoms with Crippen molar-refractivity contribution in [1.29, 1.82) is 0 Å². The number of aryl methyl sites for hydroxylation is 1. The van der Waals surface area contributed by atoms with Crippen molar-refractivity contribution in [2.24, 2.45) is 0 Å². The maximum atomic E-state index is 13.8. The van der Waals surface area contributed by atoms with Crippen molar-refractivity contribution < 1.29 is 18.8 Å². The van der Waals surface area contributed by atoms with Gasteiger partial charge in [-0.15, -0.1) is 0 Å². The summed E-state index contributed by atoms with van der Waals surface area (Å²) in [5.41, 5.74) is 1.84. The summed E-state index contributed by atoms with van der Waals surface area (Å²) < 4.78 is 13.8. The molecule has 0 radical (unpaired) electrons. The first-order valence-electron chi connectivity index (χ1n) is 10.6. The van der Waals surface area contributed by atoms with Crippen LogP contribution in [0, 0.1) is 12.7 Å². The highest BCUT2D eigenvalue weighted by atomic mass is 19.1. The highest BCUT2D eigenvalue weighted by Crippen LogP contribution is 2.22. The standard InChI is InChI=1S/C24H26FN3O3/c1-17-7-8-19(15-21(17)25)22(29)26-11-9-20(10-12-26)28-14-13-27(23(30)24(28)31)16-18-5-3-2-4-6-18/h2-8,15,20H,9-14,16H2,1H3. The van der Waals surface area contributed by atoms with Gasteiger partial charge in [0.2, 0.25) is 0 Å². The predicted octanol–water partition coefficient (Wildman–Crippen LogP) is 2.61. The number of carbonyl (C=O) groups excluding carboxylic acids is 3. The lowest BCUT2D eigenvalue weighted by Crippen LogP contribution is -2.59. The minimum atomic E-state index is -0.469. The lowest BCUT2D eigenvalue weighted by molar-refractivity contribution is -0.158. The van der Waals surface area contributed by atoms with Gasteiger partial charge < -0.3 is 14.7 Å². The van der Waals surface area contributed by atoms with Gasteiger partial charge in [0, 0.05) is 44.3 Å². The maximum Gasteiger partial charge on any atom is 0.312 e. The largest absolute Gasteiger partial charge is 0.338 e. The monoisotopic (exact) mass is 423 g/mol. The first kappa shape index (κ1) is 21.0. The molecule has 3 amide bonds. The minimum Gasteiger partial charge on any atom is -0.338 e. The number of piperidine rings is 1. The number of nitrogens with zero attached hydrogens (tertiary/aromatic N) is 3. The SMILES string of the molecule is Cc1ccc(C(=O)N2CCC(N3CCN(Cc4ccccc4)C(=O)C3=O)CC2)cc1F. The van der Waals surface area contributed by atoms with Crippen LogP contribution in [0.3, 0.4) is 0 Å². The van der Waals surface area contributed by atoms with Gasteiger partial charge in [-0.05, 0) is 43.0 Å². The van der Waals surface area contributed by atoms with Crippen molar-refractivity contribution in [2.45, 2.75) is 32.4 Å². The van der Waals surface area contributed by atoms with Crippen LogP contribution < -0.4 is 0 Å². The maximum absolute atomic E-state index is 13.8. The van der Waals surface area contributed by atoms with Crippen molar-refractivity contribution >= 4 is 17.7 Å². The summed E-state index contributed by atoms with van der Waals surface area (Å²) >= 11 is 0. The second-order valence-electron chi connectivity index (χ2n) is 8.20. The van der Waals surface area contributed by atoms with Crippen LogP contribution in [-0.2, 0) is 16.1 Å². The first-order valence-corrected chi connectivity index (χ1v) is 10.6. The van der Waals surface area contributed by atoms with Gasteiger partial charge in [-0.2, -0.15) is 0 Å². The van der Waals surface area contributed by atoms with Crippen molar-refractivity contribution in [1.82, 2.24) is 14.7 Å². The van der Waals surface area contributed by atoms with Crippen molar-refractivity contribution in [3.8, 4) is 0 Å². The summed E-state index contributed by atoms with van der Waals surface area (Å²) in [6, 6.07) is 14.1. The number of hydrogen-bond acceptors (Lipinski definition) is 3. The fourth-order valence-corrected chi connectivity index (χ4v) is 4.28. The average molecular weight is 423 g/mol. The molecule has 0 saturated carbocycles. The highest BCUT2D eigenvalue weighted by Gasteiger charge is 2.38. The van der Waals surface area contributed by atoms with Gasteiger partial charge in [0.15, 0.2) is 0 Å². The van der Waals surface area contributed by atoms with Crippen LogP contribution in [0.25, 0.3) is 0 Å². The number of piperazine rings is 1. The van der Waals surface area contributed by atoms with E-state index in [1.165, 1.54) is 6.07 Å². The van der Waals surface area contributed by atoms with Crippen LogP contribution in [0.1, 0.15) is 34.3 Å². The number of carbonyl (C=O) groups is 3. The van der Waals surface area contributed by atoms with E-state index in [-0.39, 0.29) is 11.9 Å². The van der Waals surface area contributed by atoms with Gasteiger partial charge in [-0.3, -0.25) is 14.4 Å². The lowest BCUT2D eigenvalue weighted by atomic mass is 10.0. The molecule has 31 heavy (non-hydrogen) atoms. The molecule has 4 rings (SSSR count). The summed E-state index contributed by atoms with van der Waals surface area (Å²) in [6.45, 7) is 4.04. The summed E-state index contributed by atoms with van der Waals surface area (Å²) in [7, 11) is 0. The zero-order valence-electron chi connectivity index (χ0n) is 17.6. The molecule has 0 unspecified atom stereocenters. The van der Waals surface area contributed by atoms with Gasteiger partial charge in [0.05, 0.1) is 0 Å². The minimum absolute atomic E-state index is 0.0610. The number of halogens is 1. The number of hydrogen-bond donors (Lipinski definition) is 0. The van der Waals surface area contributed by atoms with Gasteiger partial charge in [0.1, 0.15) is 5.82 Å². The Labute approximate surface area is 181 Å². The van der Waals surface area contributed by atoms with Gasteiger partial charge in [0.25, 0.3) is 5.91 Å². The lowest BCUT2D eigenvalue weighted by Gasteiger charge is -2.42. The molecule has 0 bridgehead atoms. The van der Waals surface area contributed by atoms with Gasteiger partial charge in [-0.1, -0.05) is 36.4 Å². The fraction of sp³-hybridized carbons (Fsp3) is 0.375. The summed E-state index contributed by atoms with van der Waals surface area (Å²) in [6.07, 6.45) is 1.22. The van der Waals surface area contributed by atoms with Crippen LogP contribution >= 0.6 is 0 Å². The molecule has 7 heteroatoms. The van der Waals surface area contributed by atoms with Crippen LogP contribution in [0.2, 0.25) is 0 Å². The highest BCUT2D eigenvalue weighted by molar-refractivity contribution is 6.35. The van der Waals surface area contributed by atoms with E-state index in [0.29, 0.717) is 56.7 Å². The summed E-state index contributed by atoms with van der Waals surface area (Å²) in [5, 5.41) is 0. The predicted molar refractivity (Wildman–Crippen MR) is 114 cm³/mol. The molecule has 2 aromatic carbocycles. The number of amides is 3. The van der Waals surface area contributed by atoms with E-state index in [4.69, 9.17) is 0 Å². The van der Waals surface area contributed by atoms with Gasteiger partial charge >= 0.3 is 11.8 Å². The molecule has 2 fully saturated rings. The van der Waals surface area contributed by atoms with E-state index in [1.54, 1.807) is 33.8 Å². The Morgan fingerprint density at radius 2 is 1.68 bits per heavy atom. The van der Waals surface area contributed by atoms with Crippen molar-refractivity contribution in [3.63, 3.8) is 0 Å². The smallest absolute Gasteiger partial charge is 0.312 e. The van der Waals surface area contributed by atoms with E-state index < -0.39 is 17.6 Å². The molecule has 2 aliphatic heterocycles. The molecule has 2 aliphatic rings. The van der Waals surface area contributed by atoms with E-state index in [0.717, 1.165) is 5.56 Å². The normalized spacial score (nSPS) is 17.9. The molecular weight excluding hydrogens is 397 g/mol. The molecule has 2 aromatic rings. The molecule has 0 aliphatic carbocycles. The number of rotatable bonds is 4. The third-order valence-electron chi connectivity index (χ3n) is 6.17. The second-order valence-corrected chi connectivity index (χ2v) is 8.20. The molecule has 2 saturated heterocycles. The van der Waals surface area contributed by atoms with Gasteiger partial charge in [-0.25, -0.2) is 4.39 Å². The average Bonchev–Trinajstić information content (AvgIpc) is 2.79. The van der Waals surface area contributed by atoms with E-state index in [1.807, 2.05) is 30.3 Å². The third kappa shape index (κ3) is 4.45. The van der Waals surface area contributed by atoms with E-state index in [9.17, 15) is 18.8 Å². The van der Waals surface area contributed by atoms with Crippen molar-refractivity contribution in [2.75, 3.05) is 26.2 Å². The Morgan fingerprint density at radius 1 is 0.968 bits per heavy atom. The van der Waals surface area contributed by atoms with Crippen LogP contribution in [0.4, 0.5) is 4.39 Å².